The Hall–Kier alpha value is -2.47. The lowest BCUT2D eigenvalue weighted by Gasteiger charge is -2.17. The molecule has 4 N–H and O–H groups in total. The number of amides is 3. The molecule has 25 heavy (non-hydrogen) atoms. The predicted molar refractivity (Wildman–Crippen MR) is 103 cm³/mol. The van der Waals surface area contributed by atoms with E-state index >= 15 is 0 Å². The monoisotopic (exact) mass is 355 g/mol. The predicted octanol–water partition coefficient (Wildman–Crippen LogP) is 2.99. The molecule has 0 fully saturated rings. The molecule has 2 aromatic carbocycles. The Morgan fingerprint density at radius 3 is 2.68 bits per heavy atom. The molecule has 0 unspecified atom stereocenters. The summed E-state index contributed by atoms with van der Waals surface area (Å²) in [7, 11) is 0. The first kappa shape index (κ1) is 17.4. The van der Waals surface area contributed by atoms with E-state index in [4.69, 9.17) is 5.73 Å². The van der Waals surface area contributed by atoms with Crippen LogP contribution >= 0.6 is 11.8 Å². The lowest BCUT2D eigenvalue weighted by atomic mass is 10.1. The summed E-state index contributed by atoms with van der Waals surface area (Å²) in [5.41, 5.74) is 10.8. The molecule has 0 heterocycles. The minimum atomic E-state index is -0.691. The van der Waals surface area contributed by atoms with Gasteiger partial charge in [0.25, 0.3) is 0 Å². The number of anilines is 1. The van der Waals surface area contributed by atoms with Gasteiger partial charge in [-0.3, -0.25) is 4.79 Å². The SMILES string of the molecule is CSCC[C@@H](NC(N)=O)C(=O)Nc1ccc2c(c1)-c1ccccc1C2. The number of fused-ring (bicyclic) bond motifs is 3. The van der Waals surface area contributed by atoms with Crippen molar-refractivity contribution in [2.24, 2.45) is 5.73 Å². The fourth-order valence-corrected chi connectivity index (χ4v) is 3.58. The van der Waals surface area contributed by atoms with E-state index in [0.717, 1.165) is 23.4 Å². The van der Waals surface area contributed by atoms with Crippen molar-refractivity contribution >= 4 is 29.4 Å². The molecule has 0 aromatic heterocycles. The van der Waals surface area contributed by atoms with Gasteiger partial charge in [0.2, 0.25) is 5.91 Å². The molecule has 0 saturated heterocycles. The van der Waals surface area contributed by atoms with E-state index in [-0.39, 0.29) is 5.91 Å². The Labute approximate surface area is 151 Å². The van der Waals surface area contributed by atoms with E-state index in [1.807, 2.05) is 36.6 Å². The third-order valence-electron chi connectivity index (χ3n) is 4.31. The minimum Gasteiger partial charge on any atom is -0.352 e. The molecule has 3 amide bonds. The number of benzene rings is 2. The van der Waals surface area contributed by atoms with Crippen LogP contribution in [0.3, 0.4) is 0 Å². The number of urea groups is 1. The summed E-state index contributed by atoms with van der Waals surface area (Å²) in [4.78, 5) is 23.7. The Kier molecular flexibility index (Phi) is 5.28. The topological polar surface area (TPSA) is 84.2 Å². The van der Waals surface area contributed by atoms with Crippen LogP contribution in [0.1, 0.15) is 17.5 Å². The van der Waals surface area contributed by atoms with Crippen molar-refractivity contribution in [3.05, 3.63) is 53.6 Å². The number of nitrogens with two attached hydrogens (primary N) is 1. The number of rotatable bonds is 6. The number of thioether (sulfide) groups is 1. The van der Waals surface area contributed by atoms with Gasteiger partial charge in [0.05, 0.1) is 0 Å². The fraction of sp³-hybridized carbons (Fsp3) is 0.263. The maximum absolute atomic E-state index is 12.5. The molecule has 6 heteroatoms. The third kappa shape index (κ3) is 3.96. The molecule has 1 aliphatic carbocycles. The average Bonchev–Trinajstić information content (AvgIpc) is 2.96. The highest BCUT2D eigenvalue weighted by atomic mass is 32.2. The maximum atomic E-state index is 12.5. The Bertz CT molecular complexity index is 807. The average molecular weight is 355 g/mol. The molecule has 0 radical (unpaired) electrons. The smallest absolute Gasteiger partial charge is 0.312 e. The van der Waals surface area contributed by atoms with Crippen LogP contribution in [0.5, 0.6) is 0 Å². The molecule has 0 aliphatic heterocycles. The second-order valence-electron chi connectivity index (χ2n) is 6.04. The van der Waals surface area contributed by atoms with E-state index in [0.29, 0.717) is 6.42 Å². The van der Waals surface area contributed by atoms with Crippen LogP contribution in [0.25, 0.3) is 11.1 Å². The number of nitrogens with one attached hydrogen (secondary N) is 2. The van der Waals surface area contributed by atoms with Crippen molar-refractivity contribution in [2.75, 3.05) is 17.3 Å². The Morgan fingerprint density at radius 2 is 1.92 bits per heavy atom. The summed E-state index contributed by atoms with van der Waals surface area (Å²) in [5.74, 6) is 0.509. The summed E-state index contributed by atoms with van der Waals surface area (Å²) in [6.07, 6.45) is 3.40. The standard InChI is InChI=1S/C19H21N3O2S/c1-25-9-8-17(22-19(20)24)18(23)21-14-7-6-13-10-12-4-2-3-5-15(12)16(13)11-14/h2-7,11,17H,8-10H2,1H3,(H,21,23)(H3,20,22,24)/t17-/m1/s1. The van der Waals surface area contributed by atoms with Crippen LogP contribution < -0.4 is 16.4 Å². The first-order chi connectivity index (χ1) is 12.1. The number of hydrogen-bond acceptors (Lipinski definition) is 3. The van der Waals surface area contributed by atoms with Crippen molar-refractivity contribution < 1.29 is 9.59 Å². The molecule has 0 saturated carbocycles. The Balaban J connectivity index is 1.77. The van der Waals surface area contributed by atoms with Crippen LogP contribution in [0.2, 0.25) is 0 Å². The van der Waals surface area contributed by atoms with Crippen LogP contribution in [-0.2, 0) is 11.2 Å². The van der Waals surface area contributed by atoms with Crippen LogP contribution in [0.15, 0.2) is 42.5 Å². The quantitative estimate of drug-likeness (QED) is 0.635. The highest BCUT2D eigenvalue weighted by Crippen LogP contribution is 2.37. The van der Waals surface area contributed by atoms with Gasteiger partial charge in [0.15, 0.2) is 0 Å². The third-order valence-corrected chi connectivity index (χ3v) is 4.95. The summed E-state index contributed by atoms with van der Waals surface area (Å²) in [6, 6.07) is 12.9. The highest BCUT2D eigenvalue weighted by Gasteiger charge is 2.21. The van der Waals surface area contributed by atoms with Crippen molar-refractivity contribution in [1.82, 2.24) is 5.32 Å². The summed E-state index contributed by atoms with van der Waals surface area (Å²) >= 11 is 1.62. The van der Waals surface area contributed by atoms with Gasteiger partial charge in [-0.05, 0) is 59.2 Å². The van der Waals surface area contributed by atoms with E-state index < -0.39 is 12.1 Å². The number of hydrogen-bond donors (Lipinski definition) is 3. The van der Waals surface area contributed by atoms with E-state index in [2.05, 4.69) is 22.8 Å². The van der Waals surface area contributed by atoms with Gasteiger partial charge < -0.3 is 16.4 Å². The van der Waals surface area contributed by atoms with Gasteiger partial charge in [0.1, 0.15) is 6.04 Å². The molecule has 130 valence electrons. The number of carbonyl (C=O) groups is 2. The van der Waals surface area contributed by atoms with Gasteiger partial charge in [-0.1, -0.05) is 30.3 Å². The maximum Gasteiger partial charge on any atom is 0.312 e. The molecule has 1 aliphatic rings. The summed E-state index contributed by atoms with van der Waals surface area (Å²) in [5, 5.41) is 5.41. The second-order valence-corrected chi connectivity index (χ2v) is 7.02. The van der Waals surface area contributed by atoms with E-state index in [1.54, 1.807) is 11.8 Å². The zero-order valence-corrected chi connectivity index (χ0v) is 14.9. The van der Waals surface area contributed by atoms with Crippen molar-refractivity contribution in [3.8, 4) is 11.1 Å². The second kappa shape index (κ2) is 7.61. The zero-order chi connectivity index (χ0) is 17.8. The molecular formula is C19H21N3O2S. The van der Waals surface area contributed by atoms with Crippen LogP contribution in [0, 0.1) is 0 Å². The minimum absolute atomic E-state index is 0.251. The highest BCUT2D eigenvalue weighted by molar-refractivity contribution is 7.98. The first-order valence-corrected chi connectivity index (χ1v) is 9.55. The fourth-order valence-electron chi connectivity index (χ4n) is 3.11. The molecular weight excluding hydrogens is 334 g/mol. The number of carbonyl (C=O) groups excluding carboxylic acids is 2. The molecule has 2 aromatic rings. The zero-order valence-electron chi connectivity index (χ0n) is 14.0. The van der Waals surface area contributed by atoms with Crippen LogP contribution in [0.4, 0.5) is 10.5 Å². The van der Waals surface area contributed by atoms with Gasteiger partial charge >= 0.3 is 6.03 Å². The van der Waals surface area contributed by atoms with E-state index in [9.17, 15) is 9.59 Å². The van der Waals surface area contributed by atoms with Gasteiger partial charge in [-0.25, -0.2) is 4.79 Å². The van der Waals surface area contributed by atoms with Crippen molar-refractivity contribution in [3.63, 3.8) is 0 Å². The largest absolute Gasteiger partial charge is 0.352 e. The lowest BCUT2D eigenvalue weighted by Crippen LogP contribution is -2.46. The first-order valence-electron chi connectivity index (χ1n) is 8.15. The molecule has 3 rings (SSSR count). The molecule has 5 nitrogen and oxygen atoms in total. The van der Waals surface area contributed by atoms with E-state index in [1.165, 1.54) is 16.7 Å². The van der Waals surface area contributed by atoms with Gasteiger partial charge in [-0.2, -0.15) is 11.8 Å². The molecule has 0 spiro atoms. The lowest BCUT2D eigenvalue weighted by molar-refractivity contribution is -0.117. The molecule has 0 bridgehead atoms. The van der Waals surface area contributed by atoms with Gasteiger partial charge in [-0.15, -0.1) is 0 Å². The molecule has 1 atom stereocenters. The normalized spacial score (nSPS) is 12.8. The van der Waals surface area contributed by atoms with Crippen molar-refractivity contribution in [1.29, 1.82) is 0 Å². The van der Waals surface area contributed by atoms with Crippen LogP contribution in [-0.4, -0.2) is 30.0 Å². The summed E-state index contributed by atoms with van der Waals surface area (Å²) < 4.78 is 0. The van der Waals surface area contributed by atoms with Gasteiger partial charge in [0, 0.05) is 5.69 Å². The summed E-state index contributed by atoms with van der Waals surface area (Å²) in [6.45, 7) is 0. The Morgan fingerprint density at radius 1 is 1.16 bits per heavy atom. The number of primary amides is 1. The van der Waals surface area contributed by atoms with Crippen molar-refractivity contribution in [2.45, 2.75) is 18.9 Å².